The van der Waals surface area contributed by atoms with E-state index in [4.69, 9.17) is 4.74 Å². The zero-order chi connectivity index (χ0) is 18.7. The standard InChI is InChI=1S/C20H15F2NO3/c1-26-20(25)18-14(10-11-23-19(18)24)17(12-6-2-4-8-15(12)21)13-7-3-5-9-16(13)22/h2-11,17H,1H3,(H,23,24). The molecule has 0 bridgehead atoms. The molecule has 0 fully saturated rings. The van der Waals surface area contributed by atoms with Crippen molar-refractivity contribution < 1.29 is 18.3 Å². The van der Waals surface area contributed by atoms with E-state index >= 15 is 0 Å². The summed E-state index contributed by atoms with van der Waals surface area (Å²) in [7, 11) is 1.14. The first-order valence-electron chi connectivity index (χ1n) is 7.83. The maximum Gasteiger partial charge on any atom is 0.343 e. The van der Waals surface area contributed by atoms with Crippen molar-refractivity contribution in [3.8, 4) is 0 Å². The number of benzene rings is 2. The molecule has 0 aliphatic heterocycles. The Balaban J connectivity index is 2.36. The summed E-state index contributed by atoms with van der Waals surface area (Å²) in [5.74, 6) is -3.01. The van der Waals surface area contributed by atoms with Gasteiger partial charge < -0.3 is 9.72 Å². The van der Waals surface area contributed by atoms with E-state index < -0.39 is 29.1 Å². The van der Waals surface area contributed by atoms with E-state index in [2.05, 4.69) is 4.98 Å². The molecule has 26 heavy (non-hydrogen) atoms. The molecule has 3 aromatic rings. The van der Waals surface area contributed by atoms with Gasteiger partial charge in [0.15, 0.2) is 0 Å². The number of carbonyl (C=O) groups is 1. The van der Waals surface area contributed by atoms with Crippen LogP contribution < -0.4 is 5.56 Å². The van der Waals surface area contributed by atoms with Crippen LogP contribution in [-0.4, -0.2) is 18.1 Å². The molecular weight excluding hydrogens is 340 g/mol. The number of hydrogen-bond donors (Lipinski definition) is 1. The molecule has 0 saturated heterocycles. The van der Waals surface area contributed by atoms with E-state index in [1.807, 2.05) is 0 Å². The average Bonchev–Trinajstić information content (AvgIpc) is 2.64. The van der Waals surface area contributed by atoms with Crippen LogP contribution in [-0.2, 0) is 4.74 Å². The van der Waals surface area contributed by atoms with Crippen molar-refractivity contribution >= 4 is 5.97 Å². The number of H-pyrrole nitrogens is 1. The summed E-state index contributed by atoms with van der Waals surface area (Å²) in [4.78, 5) is 26.8. The highest BCUT2D eigenvalue weighted by Crippen LogP contribution is 2.35. The molecular formula is C20H15F2NO3. The summed E-state index contributed by atoms with van der Waals surface area (Å²) in [6, 6.07) is 13.2. The van der Waals surface area contributed by atoms with Crippen LogP contribution in [0, 0.1) is 11.6 Å². The van der Waals surface area contributed by atoms with Crippen molar-refractivity contribution in [2.24, 2.45) is 0 Å². The number of nitrogens with one attached hydrogen (secondary N) is 1. The van der Waals surface area contributed by atoms with Gasteiger partial charge in [-0.15, -0.1) is 0 Å². The molecule has 2 aromatic carbocycles. The molecule has 0 aliphatic rings. The van der Waals surface area contributed by atoms with Crippen molar-refractivity contribution in [2.45, 2.75) is 5.92 Å². The number of ether oxygens (including phenoxy) is 1. The molecule has 1 N–H and O–H groups in total. The Morgan fingerprint density at radius 3 is 1.96 bits per heavy atom. The summed E-state index contributed by atoms with van der Waals surface area (Å²) in [6.07, 6.45) is 1.33. The zero-order valence-corrected chi connectivity index (χ0v) is 13.8. The van der Waals surface area contributed by atoms with Gasteiger partial charge in [0.05, 0.1) is 7.11 Å². The fraction of sp³-hybridized carbons (Fsp3) is 0.100. The molecule has 0 radical (unpaired) electrons. The molecule has 3 rings (SSSR count). The first-order valence-corrected chi connectivity index (χ1v) is 7.83. The second-order valence-corrected chi connectivity index (χ2v) is 5.60. The Morgan fingerprint density at radius 2 is 1.46 bits per heavy atom. The summed E-state index contributed by atoms with van der Waals surface area (Å²) in [5, 5.41) is 0. The van der Waals surface area contributed by atoms with Gasteiger partial charge >= 0.3 is 5.97 Å². The third kappa shape index (κ3) is 3.13. The highest BCUT2D eigenvalue weighted by atomic mass is 19.1. The zero-order valence-electron chi connectivity index (χ0n) is 13.8. The first kappa shape index (κ1) is 17.5. The molecule has 0 aliphatic carbocycles. The van der Waals surface area contributed by atoms with Crippen LogP contribution in [0.2, 0.25) is 0 Å². The van der Waals surface area contributed by atoms with Gasteiger partial charge in [0.1, 0.15) is 17.2 Å². The predicted molar refractivity (Wildman–Crippen MR) is 92.1 cm³/mol. The Labute approximate surface area is 148 Å². The molecule has 0 spiro atoms. The van der Waals surface area contributed by atoms with E-state index in [0.29, 0.717) is 0 Å². The Kier molecular flexibility index (Phi) is 4.93. The molecule has 4 nitrogen and oxygen atoms in total. The van der Waals surface area contributed by atoms with Crippen molar-refractivity contribution in [1.82, 2.24) is 4.98 Å². The van der Waals surface area contributed by atoms with Crippen LogP contribution in [0.5, 0.6) is 0 Å². The number of carbonyl (C=O) groups excluding carboxylic acids is 1. The topological polar surface area (TPSA) is 59.2 Å². The molecule has 0 unspecified atom stereocenters. The number of halogens is 2. The molecule has 132 valence electrons. The Morgan fingerprint density at radius 1 is 0.923 bits per heavy atom. The Hall–Kier alpha value is -3.28. The van der Waals surface area contributed by atoms with Crippen LogP contribution in [0.1, 0.15) is 33.0 Å². The van der Waals surface area contributed by atoms with Gasteiger partial charge in [-0.1, -0.05) is 36.4 Å². The molecule has 0 saturated carbocycles. The van der Waals surface area contributed by atoms with Crippen LogP contribution in [0.4, 0.5) is 8.78 Å². The van der Waals surface area contributed by atoms with Gasteiger partial charge in [0.2, 0.25) is 0 Å². The minimum absolute atomic E-state index is 0.147. The van der Waals surface area contributed by atoms with Gasteiger partial charge in [-0.25, -0.2) is 13.6 Å². The molecule has 1 heterocycles. The maximum atomic E-state index is 14.5. The van der Waals surface area contributed by atoms with Crippen molar-refractivity contribution in [3.63, 3.8) is 0 Å². The monoisotopic (exact) mass is 355 g/mol. The smallest absolute Gasteiger partial charge is 0.343 e. The second-order valence-electron chi connectivity index (χ2n) is 5.60. The number of rotatable bonds is 4. The fourth-order valence-electron chi connectivity index (χ4n) is 2.97. The van der Waals surface area contributed by atoms with Crippen LogP contribution in [0.15, 0.2) is 65.6 Å². The predicted octanol–water partition coefficient (Wildman–Crippen LogP) is 3.62. The van der Waals surface area contributed by atoms with Crippen molar-refractivity contribution in [2.75, 3.05) is 7.11 Å². The summed E-state index contributed by atoms with van der Waals surface area (Å²) in [5.41, 5.74) is -0.518. The highest BCUT2D eigenvalue weighted by Gasteiger charge is 2.29. The number of esters is 1. The molecule has 0 atom stereocenters. The van der Waals surface area contributed by atoms with E-state index in [1.165, 1.54) is 48.7 Å². The lowest BCUT2D eigenvalue weighted by molar-refractivity contribution is 0.0597. The fourth-order valence-corrected chi connectivity index (χ4v) is 2.97. The SMILES string of the molecule is COC(=O)c1c(C(c2ccccc2F)c2ccccc2F)cc[nH]c1=O. The van der Waals surface area contributed by atoms with E-state index in [9.17, 15) is 18.4 Å². The van der Waals surface area contributed by atoms with Crippen molar-refractivity contribution in [3.05, 3.63) is 105 Å². The van der Waals surface area contributed by atoms with Gasteiger partial charge in [0.25, 0.3) is 5.56 Å². The minimum atomic E-state index is -0.992. The maximum absolute atomic E-state index is 14.5. The van der Waals surface area contributed by atoms with Crippen LogP contribution in [0.25, 0.3) is 0 Å². The molecule has 1 aromatic heterocycles. The number of methoxy groups -OCH3 is 1. The van der Waals surface area contributed by atoms with Gasteiger partial charge in [0, 0.05) is 12.1 Å². The lowest BCUT2D eigenvalue weighted by atomic mass is 9.83. The second kappa shape index (κ2) is 7.31. The summed E-state index contributed by atoms with van der Waals surface area (Å²) >= 11 is 0. The number of aromatic amines is 1. The van der Waals surface area contributed by atoms with Crippen LogP contribution >= 0.6 is 0 Å². The largest absolute Gasteiger partial charge is 0.465 e. The minimum Gasteiger partial charge on any atom is -0.465 e. The quantitative estimate of drug-likeness (QED) is 0.727. The van der Waals surface area contributed by atoms with Crippen LogP contribution in [0.3, 0.4) is 0 Å². The Bertz CT molecular complexity index is 968. The van der Waals surface area contributed by atoms with Gasteiger partial charge in [-0.2, -0.15) is 0 Å². The van der Waals surface area contributed by atoms with E-state index in [0.717, 1.165) is 7.11 Å². The third-order valence-electron chi connectivity index (χ3n) is 4.13. The number of pyridine rings is 1. The number of aromatic nitrogens is 1. The molecule has 0 amide bonds. The summed E-state index contributed by atoms with van der Waals surface area (Å²) < 4.78 is 33.8. The van der Waals surface area contributed by atoms with Gasteiger partial charge in [-0.3, -0.25) is 4.79 Å². The van der Waals surface area contributed by atoms with Crippen molar-refractivity contribution in [1.29, 1.82) is 0 Å². The average molecular weight is 355 g/mol. The number of hydrogen-bond acceptors (Lipinski definition) is 3. The first-order chi connectivity index (χ1) is 12.5. The lowest BCUT2D eigenvalue weighted by Gasteiger charge is -2.21. The lowest BCUT2D eigenvalue weighted by Crippen LogP contribution is -2.24. The normalized spacial score (nSPS) is 10.8. The third-order valence-corrected chi connectivity index (χ3v) is 4.13. The van der Waals surface area contributed by atoms with Gasteiger partial charge in [-0.05, 0) is 34.9 Å². The summed E-state index contributed by atoms with van der Waals surface area (Å²) in [6.45, 7) is 0. The highest BCUT2D eigenvalue weighted by molar-refractivity contribution is 5.91. The van der Waals surface area contributed by atoms with E-state index in [1.54, 1.807) is 12.1 Å². The van der Waals surface area contributed by atoms with E-state index in [-0.39, 0.29) is 22.3 Å². The molecule has 6 heteroatoms.